The Labute approximate surface area is 209 Å². The van der Waals surface area contributed by atoms with Gasteiger partial charge in [0.15, 0.2) is 0 Å². The average Bonchev–Trinajstić information content (AvgIpc) is 2.87. The Morgan fingerprint density at radius 3 is 2.23 bits per heavy atom. The van der Waals surface area contributed by atoms with Crippen molar-refractivity contribution in [3.63, 3.8) is 0 Å². The zero-order chi connectivity index (χ0) is 24.0. The zero-order valence-corrected chi connectivity index (χ0v) is 21.3. The van der Waals surface area contributed by atoms with Crippen LogP contribution in [0.1, 0.15) is 54.6 Å². The number of hydrogen-bond acceptors (Lipinski definition) is 5. The highest BCUT2D eigenvalue weighted by molar-refractivity contribution is 5.52. The summed E-state index contributed by atoms with van der Waals surface area (Å²) in [6, 6.07) is 18.1. The van der Waals surface area contributed by atoms with Crippen LogP contribution >= 0.6 is 0 Å². The van der Waals surface area contributed by atoms with E-state index in [0.29, 0.717) is 5.41 Å². The summed E-state index contributed by atoms with van der Waals surface area (Å²) in [7, 11) is 0. The standard InChI is InChI=1S/C30H37N5/c1-22-4-6-24(7-5-22)29(2,3)25-8-10-26(11-9-25)34-17-12-23-18-32-28(33-27(23)19-34)35-20-30(21-35)13-15-31-16-14-30/h4-11,18,31H,12-17,19-21H2,1-3H3. The predicted molar refractivity (Wildman–Crippen MR) is 143 cm³/mol. The van der Waals surface area contributed by atoms with Crippen molar-refractivity contribution in [2.75, 3.05) is 42.5 Å². The zero-order valence-electron chi connectivity index (χ0n) is 21.3. The normalized spacial score (nSPS) is 19.4. The van der Waals surface area contributed by atoms with Crippen molar-refractivity contribution >= 4 is 11.6 Å². The molecule has 1 N–H and O–H groups in total. The lowest BCUT2D eigenvalue weighted by molar-refractivity contribution is 0.148. The number of benzene rings is 2. The average molecular weight is 468 g/mol. The van der Waals surface area contributed by atoms with E-state index in [1.807, 2.05) is 0 Å². The molecule has 4 heterocycles. The van der Waals surface area contributed by atoms with Crippen molar-refractivity contribution in [3.05, 3.63) is 82.7 Å². The monoisotopic (exact) mass is 467 g/mol. The molecule has 5 heteroatoms. The second kappa shape index (κ2) is 8.63. The van der Waals surface area contributed by atoms with Crippen LogP contribution in [-0.4, -0.2) is 42.7 Å². The highest BCUT2D eigenvalue weighted by Gasteiger charge is 2.44. The summed E-state index contributed by atoms with van der Waals surface area (Å²) in [5, 5.41) is 3.49. The number of rotatable bonds is 4. The molecule has 1 spiro atoms. The van der Waals surface area contributed by atoms with Gasteiger partial charge in [0.2, 0.25) is 5.95 Å². The van der Waals surface area contributed by atoms with E-state index in [-0.39, 0.29) is 5.41 Å². The second-order valence-corrected chi connectivity index (χ2v) is 11.5. The molecule has 35 heavy (non-hydrogen) atoms. The molecule has 1 aromatic heterocycles. The Kier molecular flexibility index (Phi) is 5.56. The van der Waals surface area contributed by atoms with Crippen LogP contribution in [-0.2, 0) is 18.4 Å². The van der Waals surface area contributed by atoms with Gasteiger partial charge in [0.1, 0.15) is 0 Å². The summed E-state index contributed by atoms with van der Waals surface area (Å²) in [6.07, 6.45) is 5.63. The molecule has 0 aliphatic carbocycles. The second-order valence-electron chi connectivity index (χ2n) is 11.5. The lowest BCUT2D eigenvalue weighted by atomic mass is 9.72. The fourth-order valence-electron chi connectivity index (χ4n) is 6.07. The minimum atomic E-state index is -0.0220. The molecule has 0 atom stereocenters. The fourth-order valence-corrected chi connectivity index (χ4v) is 6.07. The molecule has 6 rings (SSSR count). The quantitative estimate of drug-likeness (QED) is 0.593. The first kappa shape index (κ1) is 22.5. The Balaban J connectivity index is 1.16. The molecule has 2 aromatic carbocycles. The maximum absolute atomic E-state index is 5.05. The van der Waals surface area contributed by atoms with Gasteiger partial charge in [-0.25, -0.2) is 9.97 Å². The van der Waals surface area contributed by atoms with E-state index in [9.17, 15) is 0 Å². The number of nitrogens with one attached hydrogen (secondary N) is 1. The van der Waals surface area contributed by atoms with Gasteiger partial charge in [-0.15, -0.1) is 0 Å². The SMILES string of the molecule is Cc1ccc(C(C)(C)c2ccc(N3CCc4cnc(N5CC6(CCNCC6)C5)nc4C3)cc2)cc1. The van der Waals surface area contributed by atoms with Gasteiger partial charge in [0.25, 0.3) is 0 Å². The van der Waals surface area contributed by atoms with Crippen molar-refractivity contribution in [2.24, 2.45) is 5.41 Å². The maximum atomic E-state index is 5.05. The van der Waals surface area contributed by atoms with Crippen LogP contribution in [0.5, 0.6) is 0 Å². The Morgan fingerprint density at radius 1 is 0.886 bits per heavy atom. The van der Waals surface area contributed by atoms with Gasteiger partial charge in [-0.05, 0) is 68.1 Å². The Hall–Kier alpha value is -2.92. The van der Waals surface area contributed by atoms with Gasteiger partial charge in [-0.3, -0.25) is 0 Å². The third-order valence-corrected chi connectivity index (χ3v) is 8.66. The Morgan fingerprint density at radius 2 is 1.54 bits per heavy atom. The van der Waals surface area contributed by atoms with Crippen LogP contribution in [0.25, 0.3) is 0 Å². The van der Waals surface area contributed by atoms with Crippen molar-refractivity contribution in [1.29, 1.82) is 0 Å². The number of aryl methyl sites for hydroxylation is 1. The van der Waals surface area contributed by atoms with E-state index < -0.39 is 0 Å². The van der Waals surface area contributed by atoms with Gasteiger partial charge in [0.05, 0.1) is 12.2 Å². The first-order valence-corrected chi connectivity index (χ1v) is 13.2. The van der Waals surface area contributed by atoms with Crippen molar-refractivity contribution in [3.8, 4) is 0 Å². The van der Waals surface area contributed by atoms with Crippen molar-refractivity contribution in [2.45, 2.75) is 52.0 Å². The molecular weight excluding hydrogens is 430 g/mol. The van der Waals surface area contributed by atoms with E-state index in [0.717, 1.165) is 51.6 Å². The van der Waals surface area contributed by atoms with Gasteiger partial charge < -0.3 is 15.1 Å². The summed E-state index contributed by atoms with van der Waals surface area (Å²) in [5.41, 5.74) is 8.24. The van der Waals surface area contributed by atoms with Crippen LogP contribution in [0.3, 0.4) is 0 Å². The summed E-state index contributed by atoms with van der Waals surface area (Å²) in [4.78, 5) is 14.6. The van der Waals surface area contributed by atoms with Gasteiger partial charge in [0, 0.05) is 42.3 Å². The fraction of sp³-hybridized carbons (Fsp3) is 0.467. The highest BCUT2D eigenvalue weighted by atomic mass is 15.3. The molecule has 0 radical (unpaired) electrons. The molecule has 3 aromatic rings. The molecule has 182 valence electrons. The van der Waals surface area contributed by atoms with Crippen molar-refractivity contribution < 1.29 is 0 Å². The summed E-state index contributed by atoms with van der Waals surface area (Å²) in [6.45, 7) is 13.1. The third kappa shape index (κ3) is 4.20. The van der Waals surface area contributed by atoms with E-state index in [2.05, 4.69) is 90.6 Å². The van der Waals surface area contributed by atoms with Crippen LogP contribution < -0.4 is 15.1 Å². The topological polar surface area (TPSA) is 44.3 Å². The number of anilines is 2. The summed E-state index contributed by atoms with van der Waals surface area (Å²) < 4.78 is 0. The van der Waals surface area contributed by atoms with Crippen LogP contribution in [0, 0.1) is 12.3 Å². The van der Waals surface area contributed by atoms with E-state index in [1.54, 1.807) is 0 Å². The number of nitrogens with zero attached hydrogens (tertiary/aromatic N) is 4. The smallest absolute Gasteiger partial charge is 0.225 e. The van der Waals surface area contributed by atoms with E-state index in [1.165, 1.54) is 46.5 Å². The van der Waals surface area contributed by atoms with Crippen molar-refractivity contribution in [1.82, 2.24) is 15.3 Å². The van der Waals surface area contributed by atoms with Crippen LogP contribution in [0.2, 0.25) is 0 Å². The summed E-state index contributed by atoms with van der Waals surface area (Å²) >= 11 is 0. The predicted octanol–water partition coefficient (Wildman–Crippen LogP) is 4.86. The largest absolute Gasteiger partial charge is 0.365 e. The number of fused-ring (bicyclic) bond motifs is 1. The van der Waals surface area contributed by atoms with Crippen LogP contribution in [0.15, 0.2) is 54.7 Å². The molecule has 2 fully saturated rings. The number of aromatic nitrogens is 2. The number of piperidine rings is 1. The summed E-state index contributed by atoms with van der Waals surface area (Å²) in [5.74, 6) is 0.921. The molecule has 2 saturated heterocycles. The maximum Gasteiger partial charge on any atom is 0.225 e. The molecule has 0 unspecified atom stereocenters. The van der Waals surface area contributed by atoms with Gasteiger partial charge in [-0.1, -0.05) is 55.8 Å². The molecule has 3 aliphatic rings. The molecular formula is C30H37N5. The first-order valence-electron chi connectivity index (χ1n) is 13.2. The highest BCUT2D eigenvalue weighted by Crippen LogP contribution is 2.40. The van der Waals surface area contributed by atoms with E-state index >= 15 is 0 Å². The Bertz CT molecular complexity index is 1180. The third-order valence-electron chi connectivity index (χ3n) is 8.66. The minimum Gasteiger partial charge on any atom is -0.365 e. The number of hydrogen-bond donors (Lipinski definition) is 1. The van der Waals surface area contributed by atoms with Gasteiger partial charge in [-0.2, -0.15) is 0 Å². The molecule has 3 aliphatic heterocycles. The van der Waals surface area contributed by atoms with Gasteiger partial charge >= 0.3 is 0 Å². The molecule has 0 amide bonds. The molecule has 5 nitrogen and oxygen atoms in total. The minimum absolute atomic E-state index is 0.0220. The van der Waals surface area contributed by atoms with Crippen LogP contribution in [0.4, 0.5) is 11.6 Å². The van der Waals surface area contributed by atoms with E-state index in [4.69, 9.17) is 9.97 Å². The molecule has 0 bridgehead atoms. The molecule has 0 saturated carbocycles. The lowest BCUT2D eigenvalue weighted by Gasteiger charge is -2.52. The lowest BCUT2D eigenvalue weighted by Crippen LogP contribution is -2.60. The first-order chi connectivity index (χ1) is 16.9.